The third-order valence-electron chi connectivity index (χ3n) is 2.19. The molecule has 0 aliphatic heterocycles. The van der Waals surface area contributed by atoms with Gasteiger partial charge in [0, 0.05) is 35.2 Å². The lowest BCUT2D eigenvalue weighted by Gasteiger charge is -2.06. The van der Waals surface area contributed by atoms with Crippen molar-refractivity contribution < 1.29 is 4.79 Å². The first-order valence-electron chi connectivity index (χ1n) is 4.97. The Bertz CT molecular complexity index is 495. The van der Waals surface area contributed by atoms with Crippen molar-refractivity contribution in [2.24, 2.45) is 0 Å². The second-order valence-electron chi connectivity index (χ2n) is 3.35. The van der Waals surface area contributed by atoms with Gasteiger partial charge in [-0.05, 0) is 24.3 Å². The van der Waals surface area contributed by atoms with Crippen LogP contribution in [0, 0.1) is 0 Å². The average molecular weight is 238 g/mol. The van der Waals surface area contributed by atoms with E-state index in [1.807, 2.05) is 30.5 Å². The Morgan fingerprint density at radius 2 is 2.25 bits per heavy atom. The van der Waals surface area contributed by atoms with Gasteiger partial charge in [-0.25, -0.2) is 4.79 Å². The van der Waals surface area contributed by atoms with E-state index >= 15 is 0 Å². The van der Waals surface area contributed by atoms with Gasteiger partial charge in [-0.3, -0.25) is 0 Å². The van der Waals surface area contributed by atoms with Crippen LogP contribution in [0.3, 0.4) is 0 Å². The number of alkyl halides is 1. The Morgan fingerprint density at radius 1 is 1.38 bits per heavy atom. The molecule has 1 aromatic carbocycles. The van der Waals surface area contributed by atoms with Crippen molar-refractivity contribution in [2.75, 3.05) is 17.7 Å². The van der Waals surface area contributed by atoms with Gasteiger partial charge in [-0.1, -0.05) is 0 Å². The number of anilines is 1. The van der Waals surface area contributed by atoms with Crippen molar-refractivity contribution >= 4 is 34.2 Å². The third-order valence-corrected chi connectivity index (χ3v) is 2.38. The molecule has 1 aromatic heterocycles. The van der Waals surface area contributed by atoms with Crippen molar-refractivity contribution in [2.45, 2.75) is 0 Å². The number of carbonyl (C=O) groups is 1. The summed E-state index contributed by atoms with van der Waals surface area (Å²) in [5, 5.41) is 6.43. The SMILES string of the molecule is O=C(NCCCl)Nc1ccc2[nH]ccc2c1. The molecule has 0 saturated carbocycles. The van der Waals surface area contributed by atoms with Gasteiger partial charge in [0.05, 0.1) is 0 Å². The Morgan fingerprint density at radius 3 is 3.06 bits per heavy atom. The number of fused-ring (bicyclic) bond motifs is 1. The van der Waals surface area contributed by atoms with Crippen LogP contribution in [0.1, 0.15) is 0 Å². The fourth-order valence-corrected chi connectivity index (χ4v) is 1.56. The van der Waals surface area contributed by atoms with Crippen LogP contribution >= 0.6 is 11.6 Å². The fourth-order valence-electron chi connectivity index (χ4n) is 1.47. The van der Waals surface area contributed by atoms with Crippen LogP contribution in [0.4, 0.5) is 10.5 Å². The summed E-state index contributed by atoms with van der Waals surface area (Å²) in [6, 6.07) is 7.39. The van der Waals surface area contributed by atoms with Gasteiger partial charge >= 0.3 is 6.03 Å². The van der Waals surface area contributed by atoms with E-state index in [2.05, 4.69) is 15.6 Å². The second-order valence-corrected chi connectivity index (χ2v) is 3.73. The molecule has 0 aliphatic rings. The highest BCUT2D eigenvalue weighted by Gasteiger charge is 2.01. The number of carbonyl (C=O) groups excluding carboxylic acids is 1. The Balaban J connectivity index is 2.06. The minimum absolute atomic E-state index is 0.240. The van der Waals surface area contributed by atoms with Crippen molar-refractivity contribution in [1.82, 2.24) is 10.3 Å². The summed E-state index contributed by atoms with van der Waals surface area (Å²) in [6.07, 6.45) is 1.86. The van der Waals surface area contributed by atoms with Crippen molar-refractivity contribution in [3.8, 4) is 0 Å². The summed E-state index contributed by atoms with van der Waals surface area (Å²) < 4.78 is 0. The number of rotatable bonds is 3. The maximum atomic E-state index is 11.4. The normalized spacial score (nSPS) is 10.3. The molecule has 0 radical (unpaired) electrons. The predicted molar refractivity (Wildman–Crippen MR) is 66.0 cm³/mol. The first-order valence-corrected chi connectivity index (χ1v) is 5.51. The topological polar surface area (TPSA) is 56.9 Å². The quantitative estimate of drug-likeness (QED) is 0.706. The first-order chi connectivity index (χ1) is 7.79. The number of benzene rings is 1. The van der Waals surface area contributed by atoms with Crippen LogP contribution in [-0.2, 0) is 0 Å². The van der Waals surface area contributed by atoms with Gasteiger partial charge in [0.2, 0.25) is 0 Å². The van der Waals surface area contributed by atoms with Gasteiger partial charge in [-0.15, -0.1) is 11.6 Å². The third kappa shape index (κ3) is 2.46. The molecule has 1 heterocycles. The number of aromatic amines is 1. The maximum Gasteiger partial charge on any atom is 0.319 e. The molecule has 0 aliphatic carbocycles. The summed E-state index contributed by atoms with van der Waals surface area (Å²) in [4.78, 5) is 14.4. The molecular weight excluding hydrogens is 226 g/mol. The van der Waals surface area contributed by atoms with E-state index in [1.165, 1.54) is 0 Å². The van der Waals surface area contributed by atoms with Crippen LogP contribution in [0.5, 0.6) is 0 Å². The summed E-state index contributed by atoms with van der Waals surface area (Å²) in [5.74, 6) is 0.407. The molecule has 0 spiro atoms. The van der Waals surface area contributed by atoms with E-state index < -0.39 is 0 Å². The van der Waals surface area contributed by atoms with Crippen molar-refractivity contribution in [1.29, 1.82) is 0 Å². The lowest BCUT2D eigenvalue weighted by molar-refractivity contribution is 0.252. The molecule has 0 fully saturated rings. The van der Waals surface area contributed by atoms with Crippen LogP contribution < -0.4 is 10.6 Å². The van der Waals surface area contributed by atoms with Gasteiger partial charge < -0.3 is 15.6 Å². The zero-order valence-electron chi connectivity index (χ0n) is 8.59. The number of aromatic nitrogens is 1. The number of amides is 2. The predicted octanol–water partition coefficient (Wildman–Crippen LogP) is 2.53. The second kappa shape index (κ2) is 4.90. The van der Waals surface area contributed by atoms with E-state index in [0.717, 1.165) is 16.6 Å². The Hall–Kier alpha value is -1.68. The number of urea groups is 1. The van der Waals surface area contributed by atoms with Gasteiger partial charge in [0.25, 0.3) is 0 Å². The zero-order valence-corrected chi connectivity index (χ0v) is 9.34. The minimum Gasteiger partial charge on any atom is -0.361 e. The summed E-state index contributed by atoms with van der Waals surface area (Å²) in [7, 11) is 0. The average Bonchev–Trinajstić information content (AvgIpc) is 2.73. The van der Waals surface area contributed by atoms with E-state index in [0.29, 0.717) is 12.4 Å². The van der Waals surface area contributed by atoms with E-state index in [9.17, 15) is 4.79 Å². The molecule has 2 amide bonds. The lowest BCUT2D eigenvalue weighted by Crippen LogP contribution is -2.30. The number of nitrogens with one attached hydrogen (secondary N) is 3. The number of hydrogen-bond acceptors (Lipinski definition) is 1. The monoisotopic (exact) mass is 237 g/mol. The molecule has 3 N–H and O–H groups in total. The van der Waals surface area contributed by atoms with Gasteiger partial charge in [0.15, 0.2) is 0 Å². The van der Waals surface area contributed by atoms with Crippen LogP contribution in [-0.4, -0.2) is 23.4 Å². The molecule has 84 valence electrons. The lowest BCUT2D eigenvalue weighted by atomic mass is 10.2. The number of H-pyrrole nitrogens is 1. The summed E-state index contributed by atoms with van der Waals surface area (Å²) in [6.45, 7) is 0.458. The summed E-state index contributed by atoms with van der Waals surface area (Å²) >= 11 is 5.47. The highest BCUT2D eigenvalue weighted by molar-refractivity contribution is 6.18. The van der Waals surface area contributed by atoms with Crippen molar-refractivity contribution in [3.05, 3.63) is 30.5 Å². The molecule has 0 bridgehead atoms. The number of halogens is 1. The van der Waals surface area contributed by atoms with Crippen LogP contribution in [0.15, 0.2) is 30.5 Å². The largest absolute Gasteiger partial charge is 0.361 e. The minimum atomic E-state index is -0.240. The standard InChI is InChI=1S/C11H12ClN3O/c12-4-6-14-11(16)15-9-1-2-10-8(7-9)3-5-13-10/h1-3,5,7,13H,4,6H2,(H2,14,15,16). The maximum absolute atomic E-state index is 11.4. The smallest absolute Gasteiger partial charge is 0.319 e. The molecular formula is C11H12ClN3O. The molecule has 2 aromatic rings. The molecule has 2 rings (SSSR count). The molecule has 0 saturated heterocycles. The Labute approximate surface area is 98.0 Å². The molecule has 0 atom stereocenters. The van der Waals surface area contributed by atoms with Gasteiger partial charge in [0.1, 0.15) is 0 Å². The van der Waals surface area contributed by atoms with E-state index in [-0.39, 0.29) is 6.03 Å². The van der Waals surface area contributed by atoms with Crippen LogP contribution in [0.25, 0.3) is 10.9 Å². The molecule has 5 heteroatoms. The van der Waals surface area contributed by atoms with Crippen molar-refractivity contribution in [3.63, 3.8) is 0 Å². The van der Waals surface area contributed by atoms with Crippen LogP contribution in [0.2, 0.25) is 0 Å². The Kier molecular flexibility index (Phi) is 3.31. The highest BCUT2D eigenvalue weighted by Crippen LogP contribution is 2.17. The highest BCUT2D eigenvalue weighted by atomic mass is 35.5. The summed E-state index contributed by atoms with van der Waals surface area (Å²) in [5.41, 5.74) is 1.81. The van der Waals surface area contributed by atoms with E-state index in [4.69, 9.17) is 11.6 Å². The van der Waals surface area contributed by atoms with Gasteiger partial charge in [-0.2, -0.15) is 0 Å². The number of hydrogen-bond donors (Lipinski definition) is 3. The molecule has 4 nitrogen and oxygen atoms in total. The molecule has 16 heavy (non-hydrogen) atoms. The zero-order chi connectivity index (χ0) is 11.4. The fraction of sp³-hybridized carbons (Fsp3) is 0.182. The van der Waals surface area contributed by atoms with E-state index in [1.54, 1.807) is 0 Å². The molecule has 0 unspecified atom stereocenters. The first kappa shape index (κ1) is 10.8.